The van der Waals surface area contributed by atoms with Gasteiger partial charge in [-0.3, -0.25) is 9.59 Å². The van der Waals surface area contributed by atoms with Gasteiger partial charge >= 0.3 is 11.9 Å². The molecule has 0 aliphatic rings. The van der Waals surface area contributed by atoms with Crippen LogP contribution in [0.15, 0.2) is 36.5 Å². The number of aliphatic hydroxyl groups is 1. The molecule has 0 rings (SSSR count). The standard InChI is InChI=1S/C71H134O5/c1-3-5-7-9-11-13-15-17-19-21-23-25-26-27-28-29-30-31-32-33-34-35-36-37-38-39-40-41-42-43-44-46-47-49-51-53-55-57-59-61-63-65-70(73)75-68-69(67-72)76-71(74)66-64-62-60-58-56-54-52-50-48-45-24-22-20-18-16-14-12-10-8-6-4-2/h16,18,21-24,69,72H,3-15,17,19-20,25-68H2,1-2H3/b18-16-,23-21-,24-22-. The summed E-state index contributed by atoms with van der Waals surface area (Å²) < 4.78 is 10.7. The molecule has 448 valence electrons. The summed E-state index contributed by atoms with van der Waals surface area (Å²) in [4.78, 5) is 24.6. The monoisotopic (exact) mass is 1070 g/mol. The summed E-state index contributed by atoms with van der Waals surface area (Å²) in [6, 6.07) is 0. The fourth-order valence-corrected chi connectivity index (χ4v) is 10.7. The van der Waals surface area contributed by atoms with Crippen LogP contribution in [-0.4, -0.2) is 36.4 Å². The van der Waals surface area contributed by atoms with E-state index >= 15 is 0 Å². The van der Waals surface area contributed by atoms with Crippen LogP contribution in [0, 0.1) is 0 Å². The molecule has 0 aromatic rings. The Kier molecular flexibility index (Phi) is 65.7. The summed E-state index contributed by atoms with van der Waals surface area (Å²) in [7, 11) is 0. The van der Waals surface area contributed by atoms with Gasteiger partial charge in [0.25, 0.3) is 0 Å². The molecule has 1 unspecified atom stereocenters. The van der Waals surface area contributed by atoms with Crippen LogP contribution >= 0.6 is 0 Å². The van der Waals surface area contributed by atoms with Crippen molar-refractivity contribution in [3.63, 3.8) is 0 Å². The zero-order valence-electron chi connectivity index (χ0n) is 51.5. The maximum atomic E-state index is 12.3. The molecular formula is C71H134O5. The summed E-state index contributed by atoms with van der Waals surface area (Å²) in [5.41, 5.74) is 0. The summed E-state index contributed by atoms with van der Waals surface area (Å²) >= 11 is 0. The van der Waals surface area contributed by atoms with Crippen LogP contribution in [0.3, 0.4) is 0 Å². The molecule has 0 bridgehead atoms. The van der Waals surface area contributed by atoms with Crippen LogP contribution in [0.25, 0.3) is 0 Å². The van der Waals surface area contributed by atoms with Crippen molar-refractivity contribution in [2.45, 2.75) is 392 Å². The van der Waals surface area contributed by atoms with E-state index in [4.69, 9.17) is 9.47 Å². The van der Waals surface area contributed by atoms with Crippen molar-refractivity contribution in [2.24, 2.45) is 0 Å². The van der Waals surface area contributed by atoms with Gasteiger partial charge in [0.15, 0.2) is 6.10 Å². The second-order valence-electron chi connectivity index (χ2n) is 23.6. The fraction of sp³-hybridized carbons (Fsp3) is 0.887. The van der Waals surface area contributed by atoms with E-state index in [0.717, 1.165) is 38.5 Å². The molecule has 0 amide bonds. The predicted octanol–water partition coefficient (Wildman–Crippen LogP) is 23.8. The Labute approximate surface area is 476 Å². The van der Waals surface area contributed by atoms with E-state index in [1.165, 1.54) is 321 Å². The van der Waals surface area contributed by atoms with E-state index in [1.54, 1.807) is 0 Å². The number of esters is 2. The third kappa shape index (κ3) is 64.6. The van der Waals surface area contributed by atoms with E-state index < -0.39 is 6.10 Å². The number of carbonyl (C=O) groups is 2. The number of hydrogen-bond donors (Lipinski definition) is 1. The van der Waals surface area contributed by atoms with Gasteiger partial charge in [-0.1, -0.05) is 339 Å². The van der Waals surface area contributed by atoms with Gasteiger partial charge < -0.3 is 14.6 Å². The van der Waals surface area contributed by atoms with E-state index in [-0.39, 0.29) is 25.2 Å². The number of carbonyl (C=O) groups excluding carboxylic acids is 2. The van der Waals surface area contributed by atoms with E-state index in [2.05, 4.69) is 50.3 Å². The molecule has 5 nitrogen and oxygen atoms in total. The molecule has 0 aliphatic carbocycles. The molecule has 0 aliphatic heterocycles. The Hall–Kier alpha value is -1.88. The van der Waals surface area contributed by atoms with Gasteiger partial charge in [-0.2, -0.15) is 0 Å². The van der Waals surface area contributed by atoms with Crippen LogP contribution in [0.4, 0.5) is 0 Å². The molecular weight excluding hydrogens is 933 g/mol. The Bertz CT molecular complexity index is 1210. The first-order valence-electron chi connectivity index (χ1n) is 34.5. The summed E-state index contributed by atoms with van der Waals surface area (Å²) in [5, 5.41) is 9.68. The van der Waals surface area contributed by atoms with Crippen molar-refractivity contribution in [1.82, 2.24) is 0 Å². The highest BCUT2D eigenvalue weighted by Crippen LogP contribution is 2.19. The molecule has 5 heteroatoms. The summed E-state index contributed by atoms with van der Waals surface area (Å²) in [6.07, 6.45) is 89.1. The van der Waals surface area contributed by atoms with Gasteiger partial charge in [-0.05, 0) is 70.6 Å². The number of aliphatic hydroxyl groups excluding tert-OH is 1. The molecule has 0 aromatic carbocycles. The Balaban J connectivity index is 3.36. The molecule has 0 saturated carbocycles. The Morgan fingerprint density at radius 1 is 0.303 bits per heavy atom. The number of allylic oxidation sites excluding steroid dienone is 6. The van der Waals surface area contributed by atoms with Crippen LogP contribution in [-0.2, 0) is 19.1 Å². The van der Waals surface area contributed by atoms with E-state index in [1.807, 2.05) is 0 Å². The zero-order chi connectivity index (χ0) is 54.8. The maximum absolute atomic E-state index is 12.3. The van der Waals surface area contributed by atoms with Gasteiger partial charge in [0, 0.05) is 12.8 Å². The minimum atomic E-state index is -0.773. The second-order valence-corrected chi connectivity index (χ2v) is 23.6. The molecule has 0 aromatic heterocycles. The van der Waals surface area contributed by atoms with Crippen molar-refractivity contribution in [1.29, 1.82) is 0 Å². The van der Waals surface area contributed by atoms with Gasteiger partial charge in [0.1, 0.15) is 6.61 Å². The van der Waals surface area contributed by atoms with Gasteiger partial charge in [0.2, 0.25) is 0 Å². The molecule has 0 saturated heterocycles. The van der Waals surface area contributed by atoms with Crippen molar-refractivity contribution in [3.05, 3.63) is 36.5 Å². The van der Waals surface area contributed by atoms with Gasteiger partial charge in [-0.25, -0.2) is 0 Å². The smallest absolute Gasteiger partial charge is 0.306 e. The predicted molar refractivity (Wildman–Crippen MR) is 334 cm³/mol. The molecule has 1 atom stereocenters. The first-order valence-corrected chi connectivity index (χ1v) is 34.5. The van der Waals surface area contributed by atoms with Gasteiger partial charge in [0.05, 0.1) is 6.61 Å². The molecule has 1 N–H and O–H groups in total. The third-order valence-electron chi connectivity index (χ3n) is 15.9. The number of unbranched alkanes of at least 4 members (excludes halogenated alkanes) is 51. The maximum Gasteiger partial charge on any atom is 0.306 e. The van der Waals surface area contributed by atoms with Gasteiger partial charge in [-0.15, -0.1) is 0 Å². The third-order valence-corrected chi connectivity index (χ3v) is 15.9. The lowest BCUT2D eigenvalue weighted by Gasteiger charge is -2.15. The minimum Gasteiger partial charge on any atom is -0.462 e. The highest BCUT2D eigenvalue weighted by Gasteiger charge is 2.16. The number of rotatable bonds is 65. The van der Waals surface area contributed by atoms with Crippen LogP contribution in [0.5, 0.6) is 0 Å². The lowest BCUT2D eigenvalue weighted by Crippen LogP contribution is -2.28. The summed E-state index contributed by atoms with van der Waals surface area (Å²) in [6.45, 7) is 4.18. The average Bonchev–Trinajstić information content (AvgIpc) is 3.42. The van der Waals surface area contributed by atoms with Crippen LogP contribution < -0.4 is 0 Å². The number of ether oxygens (including phenoxy) is 2. The minimum absolute atomic E-state index is 0.0625. The molecule has 0 spiro atoms. The highest BCUT2D eigenvalue weighted by atomic mass is 16.6. The highest BCUT2D eigenvalue weighted by molar-refractivity contribution is 5.70. The first kappa shape index (κ1) is 74.1. The van der Waals surface area contributed by atoms with Crippen molar-refractivity contribution >= 4 is 11.9 Å². The average molecular weight is 1070 g/mol. The van der Waals surface area contributed by atoms with Crippen LogP contribution in [0.2, 0.25) is 0 Å². The topological polar surface area (TPSA) is 72.8 Å². The van der Waals surface area contributed by atoms with E-state index in [9.17, 15) is 14.7 Å². The molecule has 0 heterocycles. The summed E-state index contributed by atoms with van der Waals surface area (Å²) in [5.74, 6) is -0.575. The molecule has 76 heavy (non-hydrogen) atoms. The number of hydrogen-bond acceptors (Lipinski definition) is 5. The lowest BCUT2D eigenvalue weighted by atomic mass is 10.0. The molecule has 0 fully saturated rings. The molecule has 0 radical (unpaired) electrons. The van der Waals surface area contributed by atoms with E-state index in [0.29, 0.717) is 12.8 Å². The quantitative estimate of drug-likeness (QED) is 0.0373. The SMILES string of the molecule is CCCCCCC/C=C\C/C=C\CCCCCCCCCCCC(=O)OC(CO)COC(=O)CCCCCCCCCCCCCCCCCCCCCCCCCCCCCCC/C=C\CCCCCCCCCC. The van der Waals surface area contributed by atoms with Crippen molar-refractivity contribution in [2.75, 3.05) is 13.2 Å². The van der Waals surface area contributed by atoms with Crippen molar-refractivity contribution in [3.8, 4) is 0 Å². The van der Waals surface area contributed by atoms with Crippen LogP contribution in [0.1, 0.15) is 386 Å². The van der Waals surface area contributed by atoms with Crippen molar-refractivity contribution < 1.29 is 24.2 Å². The lowest BCUT2D eigenvalue weighted by molar-refractivity contribution is -0.161. The Morgan fingerprint density at radius 3 is 0.789 bits per heavy atom. The first-order chi connectivity index (χ1) is 37.6. The second kappa shape index (κ2) is 67.4. The fourth-order valence-electron chi connectivity index (χ4n) is 10.7. The Morgan fingerprint density at radius 2 is 0.526 bits per heavy atom. The normalized spacial score (nSPS) is 12.3. The largest absolute Gasteiger partial charge is 0.462 e. The zero-order valence-corrected chi connectivity index (χ0v) is 51.5.